The van der Waals surface area contributed by atoms with Crippen LogP contribution in [0, 0.1) is 5.41 Å². The summed E-state index contributed by atoms with van der Waals surface area (Å²) in [6.45, 7) is 2.31. The van der Waals surface area contributed by atoms with Gasteiger partial charge in [-0.05, 0) is 22.4 Å². The number of hydrogen-bond donors (Lipinski definition) is 2. The number of allylic oxidation sites excluding steroid dienone is 1. The van der Waals surface area contributed by atoms with Gasteiger partial charge in [0.2, 0.25) is 0 Å². The average Bonchev–Trinajstić information content (AvgIpc) is 2.30. The first-order chi connectivity index (χ1) is 5.34. The summed E-state index contributed by atoms with van der Waals surface area (Å²) in [5.41, 5.74) is 0.970. The van der Waals surface area contributed by atoms with Crippen molar-refractivity contribution in [3.63, 3.8) is 0 Å². The number of halogens is 1. The van der Waals surface area contributed by atoms with Crippen molar-refractivity contribution in [1.82, 2.24) is 5.32 Å². The van der Waals surface area contributed by atoms with E-state index >= 15 is 0 Å². The predicted octanol–water partition coefficient (Wildman–Crippen LogP) is 1.25. The molecular weight excluding hydrogens is 208 g/mol. The number of rotatable bonds is 1. The molecule has 1 fully saturated rings. The van der Waals surface area contributed by atoms with E-state index in [2.05, 4.69) is 21.2 Å². The molecule has 1 aliphatic rings. The van der Waals surface area contributed by atoms with E-state index in [1.165, 1.54) is 6.21 Å². The highest BCUT2D eigenvalue weighted by Crippen LogP contribution is 2.09. The number of hydrogen-bond acceptors (Lipinski definition) is 3. The van der Waals surface area contributed by atoms with Gasteiger partial charge in [-0.3, -0.25) is 0 Å². The second-order valence-electron chi connectivity index (χ2n) is 2.30. The summed E-state index contributed by atoms with van der Waals surface area (Å²) >= 11 is 3.27. The maximum absolute atomic E-state index is 6.99. The monoisotopic (exact) mass is 218 g/mol. The minimum atomic E-state index is 0.579. The molecule has 0 amide bonds. The van der Waals surface area contributed by atoms with Gasteiger partial charge in [0.15, 0.2) is 0 Å². The van der Waals surface area contributed by atoms with Crippen molar-refractivity contribution in [3.05, 3.63) is 10.2 Å². The van der Waals surface area contributed by atoms with Crippen LogP contribution in [-0.4, -0.2) is 26.0 Å². The number of nitrogens with one attached hydrogen (secondary N) is 2. The molecule has 3 nitrogen and oxygen atoms in total. The van der Waals surface area contributed by atoms with Crippen molar-refractivity contribution in [2.24, 2.45) is 0 Å². The average molecular weight is 219 g/mol. The van der Waals surface area contributed by atoms with Crippen molar-refractivity contribution >= 4 is 22.1 Å². The normalized spacial score (nSPS) is 23.4. The van der Waals surface area contributed by atoms with Gasteiger partial charge in [0.05, 0.1) is 16.8 Å². The largest absolute Gasteiger partial charge is 0.385 e. The van der Waals surface area contributed by atoms with E-state index in [4.69, 9.17) is 10.1 Å². The molecule has 4 heteroatoms. The van der Waals surface area contributed by atoms with Crippen molar-refractivity contribution < 1.29 is 4.74 Å². The van der Waals surface area contributed by atoms with Crippen LogP contribution in [-0.2, 0) is 4.74 Å². The van der Waals surface area contributed by atoms with Crippen LogP contribution in [0.5, 0.6) is 0 Å². The van der Waals surface area contributed by atoms with Crippen LogP contribution in [0.2, 0.25) is 0 Å². The molecule has 0 spiro atoms. The molecule has 0 saturated carbocycles. The first kappa shape index (κ1) is 8.74. The summed E-state index contributed by atoms with van der Waals surface area (Å²) in [7, 11) is 0. The third kappa shape index (κ3) is 2.63. The topological polar surface area (TPSA) is 45.1 Å². The van der Waals surface area contributed by atoms with Gasteiger partial charge in [0.1, 0.15) is 0 Å². The quantitative estimate of drug-likeness (QED) is 0.652. The molecule has 1 rings (SSSR count). The first-order valence-electron chi connectivity index (χ1n) is 3.55. The van der Waals surface area contributed by atoms with E-state index in [0.29, 0.717) is 6.61 Å². The molecule has 0 aromatic carbocycles. The molecule has 0 radical (unpaired) electrons. The molecule has 2 N–H and O–H groups in total. The highest BCUT2D eigenvalue weighted by molar-refractivity contribution is 9.12. The molecule has 1 saturated heterocycles. The maximum atomic E-state index is 6.99. The SMILES string of the molecule is N=C/C(Br)=C1/COCCCN1. The van der Waals surface area contributed by atoms with Crippen molar-refractivity contribution in [2.75, 3.05) is 19.8 Å². The number of ether oxygens (including phenoxy) is 1. The third-order valence-electron chi connectivity index (χ3n) is 1.47. The zero-order valence-corrected chi connectivity index (χ0v) is 7.78. The zero-order chi connectivity index (χ0) is 8.10. The van der Waals surface area contributed by atoms with Crippen LogP contribution in [0.4, 0.5) is 0 Å². The van der Waals surface area contributed by atoms with Crippen molar-refractivity contribution in [2.45, 2.75) is 6.42 Å². The molecule has 11 heavy (non-hydrogen) atoms. The molecule has 0 atom stereocenters. The summed E-state index contributed by atoms with van der Waals surface area (Å²) in [5.74, 6) is 0. The van der Waals surface area contributed by atoms with Crippen LogP contribution < -0.4 is 5.32 Å². The fourth-order valence-electron chi connectivity index (χ4n) is 0.879. The second-order valence-corrected chi connectivity index (χ2v) is 3.16. The fourth-order valence-corrected chi connectivity index (χ4v) is 1.13. The maximum Gasteiger partial charge on any atom is 0.0874 e. The summed E-state index contributed by atoms with van der Waals surface area (Å²) in [4.78, 5) is 0. The smallest absolute Gasteiger partial charge is 0.0874 e. The fraction of sp³-hybridized carbons (Fsp3) is 0.571. The highest BCUT2D eigenvalue weighted by atomic mass is 79.9. The van der Waals surface area contributed by atoms with E-state index in [0.717, 1.165) is 29.8 Å². The van der Waals surface area contributed by atoms with Gasteiger partial charge in [-0.25, -0.2) is 0 Å². The molecule has 0 aliphatic carbocycles. The molecule has 1 heterocycles. The van der Waals surface area contributed by atoms with E-state index < -0.39 is 0 Å². The Bertz CT molecular complexity index is 169. The molecule has 62 valence electrons. The van der Waals surface area contributed by atoms with Gasteiger partial charge in [-0.2, -0.15) is 0 Å². The van der Waals surface area contributed by atoms with Gasteiger partial charge in [-0.15, -0.1) is 0 Å². The summed E-state index contributed by atoms with van der Waals surface area (Å²) in [6, 6.07) is 0. The molecular formula is C7H11BrN2O. The Balaban J connectivity index is 2.61. The Morgan fingerprint density at radius 3 is 3.27 bits per heavy atom. The Hall–Kier alpha value is -0.350. The lowest BCUT2D eigenvalue weighted by Crippen LogP contribution is -2.16. The summed E-state index contributed by atoms with van der Waals surface area (Å²) < 4.78 is 6.05. The van der Waals surface area contributed by atoms with E-state index in [-0.39, 0.29) is 0 Å². The molecule has 0 unspecified atom stereocenters. The van der Waals surface area contributed by atoms with Crippen LogP contribution in [0.1, 0.15) is 6.42 Å². The van der Waals surface area contributed by atoms with Gasteiger partial charge in [-0.1, -0.05) is 0 Å². The predicted molar refractivity (Wildman–Crippen MR) is 48.2 cm³/mol. The first-order valence-corrected chi connectivity index (χ1v) is 4.34. The lowest BCUT2D eigenvalue weighted by molar-refractivity contribution is 0.163. The summed E-state index contributed by atoms with van der Waals surface area (Å²) in [6.07, 6.45) is 2.30. The van der Waals surface area contributed by atoms with E-state index in [1.54, 1.807) is 0 Å². The van der Waals surface area contributed by atoms with Crippen LogP contribution >= 0.6 is 15.9 Å². The van der Waals surface area contributed by atoms with Crippen molar-refractivity contribution in [1.29, 1.82) is 5.41 Å². The Kier molecular flexibility index (Phi) is 3.59. The highest BCUT2D eigenvalue weighted by Gasteiger charge is 2.05. The molecule has 1 aliphatic heterocycles. The molecule has 0 aromatic rings. The third-order valence-corrected chi connectivity index (χ3v) is 2.17. The molecule has 0 bridgehead atoms. The van der Waals surface area contributed by atoms with Gasteiger partial charge in [0, 0.05) is 19.4 Å². The zero-order valence-electron chi connectivity index (χ0n) is 6.19. The van der Waals surface area contributed by atoms with Gasteiger partial charge >= 0.3 is 0 Å². The standard InChI is InChI=1S/C7H11BrN2O/c8-6(4-9)7-5-11-3-1-2-10-7/h4,9-10H,1-3,5H2/b7-6+,9-4?. The molecule has 0 aromatic heterocycles. The Labute approximate surface area is 74.4 Å². The van der Waals surface area contributed by atoms with Gasteiger partial charge < -0.3 is 15.5 Å². The van der Waals surface area contributed by atoms with Crippen LogP contribution in [0.15, 0.2) is 10.2 Å². The summed E-state index contributed by atoms with van der Waals surface area (Å²) in [5, 5.41) is 10.2. The van der Waals surface area contributed by atoms with Gasteiger partial charge in [0.25, 0.3) is 0 Å². The van der Waals surface area contributed by atoms with E-state index in [1.807, 2.05) is 0 Å². The van der Waals surface area contributed by atoms with Crippen LogP contribution in [0.3, 0.4) is 0 Å². The Morgan fingerprint density at radius 2 is 2.55 bits per heavy atom. The van der Waals surface area contributed by atoms with Crippen LogP contribution in [0.25, 0.3) is 0 Å². The Morgan fingerprint density at radius 1 is 1.73 bits per heavy atom. The van der Waals surface area contributed by atoms with E-state index in [9.17, 15) is 0 Å². The second kappa shape index (κ2) is 4.51. The minimum absolute atomic E-state index is 0.579. The lowest BCUT2D eigenvalue weighted by atomic mass is 10.4. The van der Waals surface area contributed by atoms with Crippen molar-refractivity contribution in [3.8, 4) is 0 Å². The lowest BCUT2D eigenvalue weighted by Gasteiger charge is -2.05. The minimum Gasteiger partial charge on any atom is -0.385 e.